The van der Waals surface area contributed by atoms with E-state index in [2.05, 4.69) is 6.58 Å². The maximum absolute atomic E-state index is 14.4. The summed E-state index contributed by atoms with van der Waals surface area (Å²) in [7, 11) is 0. The van der Waals surface area contributed by atoms with Gasteiger partial charge in [-0.1, -0.05) is 41.2 Å². The van der Waals surface area contributed by atoms with E-state index >= 15 is 0 Å². The van der Waals surface area contributed by atoms with Crippen LogP contribution < -0.4 is 0 Å². The van der Waals surface area contributed by atoms with Gasteiger partial charge in [-0.05, 0) is 18.4 Å². The zero-order valence-corrected chi connectivity index (χ0v) is 31.9. The van der Waals surface area contributed by atoms with E-state index in [0.29, 0.717) is 0 Å². The molecule has 1 N–H and O–H groups in total. The SMILES string of the molecule is C=C1C(OCC(C)C)C(OC(C)=O)C(OC(C)=O)C(C)(C)C2O[C@](O)(C(C)C2=O)[C@@]2(OC(C)=O)C[C@@](C)(OC(C)=O)[C@H](OC(C)=O)C2[C@H]1OC(C)=O. The van der Waals surface area contributed by atoms with Crippen molar-refractivity contribution >= 4 is 41.6 Å². The average Bonchev–Trinajstić information content (AvgIpc) is 3.35. The van der Waals surface area contributed by atoms with Gasteiger partial charge in [0.05, 0.1) is 11.8 Å². The molecule has 292 valence electrons. The number of fused-ring (bicyclic) bond motifs is 4. The topological polar surface area (TPSA) is 214 Å². The quantitative estimate of drug-likeness (QED) is 0.204. The predicted octanol–water partition coefficient (Wildman–Crippen LogP) is 2.29. The summed E-state index contributed by atoms with van der Waals surface area (Å²) in [6.45, 7) is 19.9. The van der Waals surface area contributed by atoms with Gasteiger partial charge in [-0.15, -0.1) is 0 Å². The van der Waals surface area contributed by atoms with Crippen molar-refractivity contribution in [2.75, 3.05) is 6.61 Å². The molecule has 3 rings (SSSR count). The Labute approximate surface area is 303 Å². The Balaban J connectivity index is 2.66. The molecule has 0 aromatic heterocycles. The number of carbonyl (C=O) groups is 7. The van der Waals surface area contributed by atoms with E-state index in [4.69, 9.17) is 37.9 Å². The third kappa shape index (κ3) is 7.88. The first-order chi connectivity index (χ1) is 23.7. The number of hydrogen-bond acceptors (Lipinski definition) is 16. The molecule has 0 spiro atoms. The normalized spacial score (nSPS) is 36.9. The molecule has 3 fully saturated rings. The Morgan fingerprint density at radius 2 is 1.29 bits per heavy atom. The van der Waals surface area contributed by atoms with E-state index in [9.17, 15) is 38.7 Å². The van der Waals surface area contributed by atoms with Crippen LogP contribution in [0.1, 0.15) is 89.5 Å². The first kappa shape index (κ1) is 42.5. The van der Waals surface area contributed by atoms with E-state index < -0.39 is 119 Å². The van der Waals surface area contributed by atoms with Crippen molar-refractivity contribution in [2.45, 2.75) is 143 Å². The molecule has 2 saturated heterocycles. The zero-order chi connectivity index (χ0) is 39.9. The van der Waals surface area contributed by atoms with Crippen LogP contribution >= 0.6 is 0 Å². The Morgan fingerprint density at radius 3 is 1.75 bits per heavy atom. The van der Waals surface area contributed by atoms with Crippen molar-refractivity contribution in [1.29, 1.82) is 0 Å². The molecular weight excluding hydrogens is 688 g/mol. The standard InChI is InChI=1S/C36H52O16/c1-16(2)14-45-28-17(3)27(46-19(5)37)25-30(48-21(7)39)34(13,50-23(9)41)15-35(25,51-24(10)42)36(44)18(4)26(43)31(52-36)33(11,12)32(49-22(8)40)29(28)47-20(6)38/h16,18,25,27-32,44H,3,14-15H2,1-2,4-13H3/t18?,25?,27-,28?,29?,30+,31?,32?,34+,35+,36+/m0/s1. The number of rotatable bonds is 9. The number of ether oxygens (including phenoxy) is 8. The van der Waals surface area contributed by atoms with Crippen LogP contribution in [-0.4, -0.2) is 107 Å². The molecule has 16 heteroatoms. The molecular formula is C36H52O16. The fourth-order valence-corrected chi connectivity index (χ4v) is 7.98. The molecule has 6 unspecified atom stereocenters. The molecule has 1 saturated carbocycles. The van der Waals surface area contributed by atoms with Gasteiger partial charge in [0.2, 0.25) is 5.79 Å². The lowest BCUT2D eigenvalue weighted by Crippen LogP contribution is -2.66. The number of carbonyl (C=O) groups excluding carboxylic acids is 7. The molecule has 2 bridgehead atoms. The van der Waals surface area contributed by atoms with Crippen LogP contribution in [0.3, 0.4) is 0 Å². The molecule has 3 aliphatic rings. The smallest absolute Gasteiger partial charge is 0.303 e. The lowest BCUT2D eigenvalue weighted by atomic mass is 9.68. The van der Waals surface area contributed by atoms with E-state index in [-0.39, 0.29) is 18.1 Å². The summed E-state index contributed by atoms with van der Waals surface area (Å²) in [5.41, 5.74) is -6.31. The summed E-state index contributed by atoms with van der Waals surface area (Å²) in [5, 5.41) is 13.0. The number of hydrogen-bond donors (Lipinski definition) is 1. The highest BCUT2D eigenvalue weighted by atomic mass is 16.7. The summed E-state index contributed by atoms with van der Waals surface area (Å²) >= 11 is 0. The van der Waals surface area contributed by atoms with Crippen LogP contribution in [0.25, 0.3) is 0 Å². The third-order valence-electron chi connectivity index (χ3n) is 9.81. The zero-order valence-electron chi connectivity index (χ0n) is 31.9. The van der Waals surface area contributed by atoms with Gasteiger partial charge < -0.3 is 43.0 Å². The van der Waals surface area contributed by atoms with E-state index in [0.717, 1.165) is 41.5 Å². The molecule has 2 aliphatic heterocycles. The van der Waals surface area contributed by atoms with Gasteiger partial charge >= 0.3 is 35.8 Å². The molecule has 0 aromatic carbocycles. The first-order valence-electron chi connectivity index (χ1n) is 17.1. The predicted molar refractivity (Wildman–Crippen MR) is 176 cm³/mol. The Morgan fingerprint density at radius 1 is 0.788 bits per heavy atom. The fraction of sp³-hybridized carbons (Fsp3) is 0.750. The first-order valence-corrected chi connectivity index (χ1v) is 17.1. The molecule has 16 nitrogen and oxygen atoms in total. The Hall–Kier alpha value is -3.89. The van der Waals surface area contributed by atoms with Crippen molar-refractivity contribution in [3.05, 3.63) is 12.2 Å². The molecule has 2 heterocycles. The maximum atomic E-state index is 14.4. The second kappa shape index (κ2) is 15.2. The molecule has 0 amide bonds. The summed E-state index contributed by atoms with van der Waals surface area (Å²) in [4.78, 5) is 91.8. The molecule has 1 aliphatic carbocycles. The van der Waals surface area contributed by atoms with Gasteiger partial charge in [-0.25, -0.2) is 0 Å². The second-order valence-corrected chi connectivity index (χ2v) is 15.1. The number of Topliss-reactive ketones (excluding diaryl/α,β-unsaturated/α-hetero) is 1. The average molecular weight is 741 g/mol. The molecule has 0 radical (unpaired) electrons. The van der Waals surface area contributed by atoms with Crippen LogP contribution in [0.4, 0.5) is 0 Å². The van der Waals surface area contributed by atoms with Gasteiger partial charge in [-0.2, -0.15) is 0 Å². The van der Waals surface area contributed by atoms with Crippen molar-refractivity contribution < 1.29 is 76.6 Å². The highest BCUT2D eigenvalue weighted by Crippen LogP contribution is 2.61. The lowest BCUT2D eigenvalue weighted by molar-refractivity contribution is -0.334. The van der Waals surface area contributed by atoms with Crippen LogP contribution in [0.15, 0.2) is 12.2 Å². The van der Waals surface area contributed by atoms with Crippen LogP contribution in [0.2, 0.25) is 0 Å². The van der Waals surface area contributed by atoms with Crippen LogP contribution in [-0.2, 0) is 71.5 Å². The summed E-state index contributed by atoms with van der Waals surface area (Å²) in [5.74, 6) is -12.5. The Bertz CT molecular complexity index is 1480. The second-order valence-electron chi connectivity index (χ2n) is 15.1. The van der Waals surface area contributed by atoms with Crippen LogP contribution in [0.5, 0.6) is 0 Å². The van der Waals surface area contributed by atoms with E-state index in [1.54, 1.807) is 0 Å². The van der Waals surface area contributed by atoms with Crippen LogP contribution in [0, 0.1) is 23.2 Å². The largest absolute Gasteiger partial charge is 0.458 e. The highest BCUT2D eigenvalue weighted by Gasteiger charge is 2.80. The summed E-state index contributed by atoms with van der Waals surface area (Å²) in [6, 6.07) is 0. The van der Waals surface area contributed by atoms with E-state index in [1.165, 1.54) is 27.7 Å². The number of esters is 6. The summed E-state index contributed by atoms with van der Waals surface area (Å²) < 4.78 is 48.0. The van der Waals surface area contributed by atoms with Gasteiger partial charge in [0.15, 0.2) is 29.2 Å². The minimum absolute atomic E-state index is 0.0282. The number of aliphatic hydroxyl groups is 1. The summed E-state index contributed by atoms with van der Waals surface area (Å²) in [6.07, 6.45) is -10.5. The van der Waals surface area contributed by atoms with Crippen molar-refractivity contribution in [3.8, 4) is 0 Å². The third-order valence-corrected chi connectivity index (χ3v) is 9.81. The van der Waals surface area contributed by atoms with Gasteiger partial charge in [0, 0.05) is 60.0 Å². The van der Waals surface area contributed by atoms with Crippen molar-refractivity contribution in [3.63, 3.8) is 0 Å². The molecule has 52 heavy (non-hydrogen) atoms. The fourth-order valence-electron chi connectivity index (χ4n) is 7.98. The minimum Gasteiger partial charge on any atom is -0.458 e. The molecule has 11 atom stereocenters. The van der Waals surface area contributed by atoms with E-state index in [1.807, 2.05) is 13.8 Å². The molecule has 0 aromatic rings. The highest BCUT2D eigenvalue weighted by molar-refractivity contribution is 5.89. The van der Waals surface area contributed by atoms with Gasteiger partial charge in [0.1, 0.15) is 24.4 Å². The number of ketones is 1. The van der Waals surface area contributed by atoms with Crippen molar-refractivity contribution in [2.24, 2.45) is 23.2 Å². The maximum Gasteiger partial charge on any atom is 0.303 e. The van der Waals surface area contributed by atoms with Crippen molar-refractivity contribution in [1.82, 2.24) is 0 Å². The lowest BCUT2D eigenvalue weighted by Gasteiger charge is -2.48. The Kier molecular flexibility index (Phi) is 12.4. The van der Waals surface area contributed by atoms with Gasteiger partial charge in [0.25, 0.3) is 0 Å². The minimum atomic E-state index is -2.84. The van der Waals surface area contributed by atoms with Gasteiger partial charge in [-0.3, -0.25) is 33.6 Å². The monoisotopic (exact) mass is 740 g/mol.